The van der Waals surface area contributed by atoms with Gasteiger partial charge in [-0.05, 0) is 37.5 Å². The molecule has 1 N–H and O–H groups in total. The zero-order valence-electron chi connectivity index (χ0n) is 15.8. The van der Waals surface area contributed by atoms with Crippen LogP contribution in [0.5, 0.6) is 0 Å². The number of nitrogens with one attached hydrogen (secondary N) is 1. The van der Waals surface area contributed by atoms with Gasteiger partial charge >= 0.3 is 12.3 Å². The first-order valence-electron chi connectivity index (χ1n) is 9.18. The second kappa shape index (κ2) is 9.49. The molecule has 0 aromatic heterocycles. The van der Waals surface area contributed by atoms with Crippen LogP contribution in [0.25, 0.3) is 0 Å². The highest BCUT2D eigenvalue weighted by molar-refractivity contribution is 6.30. The SMILES string of the molecule is CCCCOC(=O)N[C@H]1C[C@@H](c2cccc(Cl)c2)[C@@H](C)N(CC(F)(F)F)C1=O. The number of unbranched alkanes of at least 4 members (excludes halogenated alkanes) is 1. The molecule has 2 rings (SSSR count). The van der Waals surface area contributed by atoms with Gasteiger partial charge in [-0.15, -0.1) is 0 Å². The summed E-state index contributed by atoms with van der Waals surface area (Å²) in [6.45, 7) is 2.31. The van der Waals surface area contributed by atoms with Gasteiger partial charge in [0.25, 0.3) is 0 Å². The van der Waals surface area contributed by atoms with Crippen molar-refractivity contribution in [1.29, 1.82) is 0 Å². The first kappa shape index (κ1) is 22.3. The minimum Gasteiger partial charge on any atom is -0.450 e. The molecule has 0 saturated carbocycles. The lowest BCUT2D eigenvalue weighted by atomic mass is 9.82. The first-order valence-corrected chi connectivity index (χ1v) is 9.56. The molecule has 156 valence electrons. The van der Waals surface area contributed by atoms with Gasteiger partial charge in [0.2, 0.25) is 5.91 Å². The Balaban J connectivity index is 2.24. The molecule has 1 aromatic carbocycles. The molecule has 1 aliphatic heterocycles. The Hall–Kier alpha value is -1.96. The number of ether oxygens (including phenoxy) is 1. The lowest BCUT2D eigenvalue weighted by Crippen LogP contribution is -2.59. The Morgan fingerprint density at radius 1 is 1.39 bits per heavy atom. The van der Waals surface area contributed by atoms with Crippen LogP contribution in [-0.2, 0) is 9.53 Å². The molecule has 1 aliphatic rings. The Kier molecular flexibility index (Phi) is 7.57. The van der Waals surface area contributed by atoms with Crippen LogP contribution < -0.4 is 5.32 Å². The van der Waals surface area contributed by atoms with E-state index in [0.29, 0.717) is 17.0 Å². The van der Waals surface area contributed by atoms with Gasteiger partial charge in [-0.25, -0.2) is 4.79 Å². The summed E-state index contributed by atoms with van der Waals surface area (Å²) < 4.78 is 44.1. The van der Waals surface area contributed by atoms with Crippen LogP contribution in [0.3, 0.4) is 0 Å². The molecule has 5 nitrogen and oxygen atoms in total. The van der Waals surface area contributed by atoms with Crippen molar-refractivity contribution in [2.45, 2.75) is 57.3 Å². The highest BCUT2D eigenvalue weighted by atomic mass is 35.5. The van der Waals surface area contributed by atoms with Crippen molar-refractivity contribution in [2.75, 3.05) is 13.2 Å². The smallest absolute Gasteiger partial charge is 0.407 e. The second-order valence-corrected chi connectivity index (χ2v) is 7.34. The van der Waals surface area contributed by atoms with Gasteiger partial charge in [0, 0.05) is 17.0 Å². The molecule has 0 unspecified atom stereocenters. The van der Waals surface area contributed by atoms with E-state index < -0.39 is 42.7 Å². The maximum atomic E-state index is 13.0. The summed E-state index contributed by atoms with van der Waals surface area (Å²) in [5, 5.41) is 2.88. The number of carbonyl (C=O) groups excluding carboxylic acids is 2. The average molecular weight is 421 g/mol. The Morgan fingerprint density at radius 3 is 2.71 bits per heavy atom. The van der Waals surface area contributed by atoms with Gasteiger partial charge in [-0.2, -0.15) is 13.2 Å². The fraction of sp³-hybridized carbons (Fsp3) is 0.579. The van der Waals surface area contributed by atoms with Crippen molar-refractivity contribution in [3.05, 3.63) is 34.9 Å². The molecular formula is C19H24ClF3N2O3. The van der Waals surface area contributed by atoms with Crippen LogP contribution in [-0.4, -0.2) is 48.3 Å². The molecule has 1 fully saturated rings. The first-order chi connectivity index (χ1) is 13.1. The van der Waals surface area contributed by atoms with Crippen LogP contribution in [0.4, 0.5) is 18.0 Å². The van der Waals surface area contributed by atoms with Crippen molar-refractivity contribution in [1.82, 2.24) is 10.2 Å². The van der Waals surface area contributed by atoms with Crippen LogP contribution in [0.2, 0.25) is 5.02 Å². The summed E-state index contributed by atoms with van der Waals surface area (Å²) in [7, 11) is 0. The van der Waals surface area contributed by atoms with E-state index in [4.69, 9.17) is 16.3 Å². The molecule has 0 aliphatic carbocycles. The zero-order valence-corrected chi connectivity index (χ0v) is 16.5. The highest BCUT2D eigenvalue weighted by Gasteiger charge is 2.45. The summed E-state index contributed by atoms with van der Waals surface area (Å²) in [4.78, 5) is 25.4. The standard InChI is InChI=1S/C19H24ClF3N2O3/c1-3-4-8-28-18(27)24-16-10-15(13-6-5-7-14(20)9-13)12(2)25(17(16)26)11-19(21,22)23/h5-7,9,12,15-16H,3-4,8,10-11H2,1-2H3,(H,24,27)/t12-,15-,16+/m1/s1. The van der Waals surface area contributed by atoms with Gasteiger partial charge in [0.05, 0.1) is 6.61 Å². The Bertz CT molecular complexity index is 699. The third-order valence-electron chi connectivity index (χ3n) is 4.79. The summed E-state index contributed by atoms with van der Waals surface area (Å²) in [5.41, 5.74) is 0.714. The number of likely N-dealkylation sites (tertiary alicyclic amines) is 1. The van der Waals surface area contributed by atoms with Crippen molar-refractivity contribution >= 4 is 23.6 Å². The fourth-order valence-corrected chi connectivity index (χ4v) is 3.55. The fourth-order valence-electron chi connectivity index (χ4n) is 3.35. The van der Waals surface area contributed by atoms with E-state index in [9.17, 15) is 22.8 Å². The van der Waals surface area contributed by atoms with E-state index >= 15 is 0 Å². The third-order valence-corrected chi connectivity index (χ3v) is 5.03. The molecule has 9 heteroatoms. The monoisotopic (exact) mass is 420 g/mol. The van der Waals surface area contributed by atoms with E-state index in [1.165, 1.54) is 0 Å². The number of carbonyl (C=O) groups is 2. The lowest BCUT2D eigenvalue weighted by Gasteiger charge is -2.43. The lowest BCUT2D eigenvalue weighted by molar-refractivity contribution is -0.170. The molecule has 0 radical (unpaired) electrons. The summed E-state index contributed by atoms with van der Waals surface area (Å²) in [6.07, 6.45) is -3.71. The van der Waals surface area contributed by atoms with Crippen molar-refractivity contribution in [3.63, 3.8) is 0 Å². The summed E-state index contributed by atoms with van der Waals surface area (Å²) in [6, 6.07) is 4.99. The predicted molar refractivity (Wildman–Crippen MR) is 99.2 cm³/mol. The molecule has 28 heavy (non-hydrogen) atoms. The molecule has 2 amide bonds. The zero-order chi connectivity index (χ0) is 20.9. The highest BCUT2D eigenvalue weighted by Crippen LogP contribution is 2.36. The van der Waals surface area contributed by atoms with E-state index in [0.717, 1.165) is 11.3 Å². The van der Waals surface area contributed by atoms with Crippen molar-refractivity contribution in [3.8, 4) is 0 Å². The third kappa shape index (κ3) is 6.02. The average Bonchev–Trinajstić information content (AvgIpc) is 2.60. The normalized spacial score (nSPS) is 22.9. The van der Waals surface area contributed by atoms with Crippen LogP contribution >= 0.6 is 11.6 Å². The van der Waals surface area contributed by atoms with E-state index in [1.807, 2.05) is 6.92 Å². The number of hydrogen-bond acceptors (Lipinski definition) is 3. The van der Waals surface area contributed by atoms with Gasteiger partial charge in [-0.3, -0.25) is 4.79 Å². The maximum absolute atomic E-state index is 13.0. The number of rotatable bonds is 6. The number of benzene rings is 1. The second-order valence-electron chi connectivity index (χ2n) is 6.91. The van der Waals surface area contributed by atoms with E-state index in [-0.39, 0.29) is 13.0 Å². The molecule has 0 spiro atoms. The predicted octanol–water partition coefficient (Wildman–Crippen LogP) is 4.50. The van der Waals surface area contributed by atoms with E-state index in [1.54, 1.807) is 31.2 Å². The van der Waals surface area contributed by atoms with E-state index in [2.05, 4.69) is 5.32 Å². The molecule has 3 atom stereocenters. The largest absolute Gasteiger partial charge is 0.450 e. The molecule has 1 saturated heterocycles. The van der Waals surface area contributed by atoms with Crippen LogP contribution in [0.15, 0.2) is 24.3 Å². The summed E-state index contributed by atoms with van der Waals surface area (Å²) in [5.74, 6) is -1.18. The topological polar surface area (TPSA) is 58.6 Å². The Labute approximate surface area is 167 Å². The van der Waals surface area contributed by atoms with Gasteiger partial charge in [0.15, 0.2) is 0 Å². The number of halogens is 4. The number of alkyl carbamates (subject to hydrolysis) is 1. The number of piperidine rings is 1. The minimum absolute atomic E-state index is 0.164. The molecule has 0 bridgehead atoms. The van der Waals surface area contributed by atoms with Gasteiger partial charge in [-0.1, -0.05) is 37.1 Å². The van der Waals surface area contributed by atoms with Crippen LogP contribution in [0.1, 0.15) is 44.6 Å². The van der Waals surface area contributed by atoms with Crippen molar-refractivity contribution < 1.29 is 27.5 Å². The molecule has 1 aromatic rings. The maximum Gasteiger partial charge on any atom is 0.407 e. The number of amides is 2. The van der Waals surface area contributed by atoms with Crippen molar-refractivity contribution in [2.24, 2.45) is 0 Å². The number of alkyl halides is 3. The quantitative estimate of drug-likeness (QED) is 0.689. The van der Waals surface area contributed by atoms with Gasteiger partial charge in [0.1, 0.15) is 12.6 Å². The summed E-state index contributed by atoms with van der Waals surface area (Å²) >= 11 is 6.02. The minimum atomic E-state index is -4.55. The van der Waals surface area contributed by atoms with Gasteiger partial charge < -0.3 is 15.0 Å². The van der Waals surface area contributed by atoms with Crippen LogP contribution in [0, 0.1) is 0 Å². The Morgan fingerprint density at radius 2 is 2.11 bits per heavy atom. The number of nitrogens with zero attached hydrogens (tertiary/aromatic N) is 1. The molecule has 1 heterocycles. The number of hydrogen-bond donors (Lipinski definition) is 1. The molecular weight excluding hydrogens is 397 g/mol.